The number of unbranched alkanes of at least 4 members (excludes halogenated alkanes) is 3. The lowest BCUT2D eigenvalue weighted by Crippen LogP contribution is -1.94. The normalized spacial score (nSPS) is 12.7. The first-order valence-corrected chi connectivity index (χ1v) is 9.44. The molecule has 0 amide bonds. The summed E-state index contributed by atoms with van der Waals surface area (Å²) in [4.78, 5) is 10.4. The fourth-order valence-corrected chi connectivity index (χ4v) is 2.13. The van der Waals surface area contributed by atoms with Crippen molar-refractivity contribution in [1.82, 2.24) is 0 Å². The van der Waals surface area contributed by atoms with Crippen molar-refractivity contribution in [3.63, 3.8) is 0 Å². The zero-order valence-electron chi connectivity index (χ0n) is 15.5. The van der Waals surface area contributed by atoms with E-state index in [1.54, 1.807) is 0 Å². The Bertz CT molecular complexity index is 445. The highest BCUT2D eigenvalue weighted by Gasteiger charge is 1.94. The van der Waals surface area contributed by atoms with Gasteiger partial charge in [-0.25, -0.2) is 0 Å². The van der Waals surface area contributed by atoms with E-state index in [-0.39, 0.29) is 0 Å². The lowest BCUT2D eigenvalue weighted by molar-refractivity contribution is -0.137. The Morgan fingerprint density at radius 3 is 1.52 bits per heavy atom. The van der Waals surface area contributed by atoms with Crippen LogP contribution in [0.1, 0.15) is 64.2 Å². The van der Waals surface area contributed by atoms with Crippen LogP contribution in [0.3, 0.4) is 0 Å². The maximum atomic E-state index is 10.4. The van der Waals surface area contributed by atoms with Gasteiger partial charge in [0.05, 0.1) is 0 Å². The summed E-state index contributed by atoms with van der Waals surface area (Å²) in [6.07, 6.45) is 30.8. The molecule has 0 bridgehead atoms. The second kappa shape index (κ2) is 20.2. The van der Waals surface area contributed by atoms with Gasteiger partial charge in [0.1, 0.15) is 0 Å². The molecule has 0 aliphatic carbocycles. The van der Waals surface area contributed by atoms with Gasteiger partial charge in [-0.15, -0.1) is 0 Å². The van der Waals surface area contributed by atoms with E-state index < -0.39 is 5.97 Å². The molecule has 0 radical (unpaired) electrons. The number of hydrogen-bond donors (Lipinski definition) is 2. The quantitative estimate of drug-likeness (QED) is 0.278. The predicted molar refractivity (Wildman–Crippen MR) is 109 cm³/mol. The lowest BCUT2D eigenvalue weighted by Gasteiger charge is -1.94. The van der Waals surface area contributed by atoms with Gasteiger partial charge >= 0.3 is 5.97 Å². The molecule has 0 aliphatic heterocycles. The van der Waals surface area contributed by atoms with Crippen LogP contribution in [0.25, 0.3) is 0 Å². The maximum absolute atomic E-state index is 10.4. The maximum Gasteiger partial charge on any atom is 0.303 e. The van der Waals surface area contributed by atoms with Gasteiger partial charge in [-0.1, -0.05) is 67.2 Å². The molecule has 0 saturated heterocycles. The summed E-state index contributed by atoms with van der Waals surface area (Å²) in [7, 11) is 0. The first-order chi connectivity index (χ1) is 12.3. The monoisotopic (exact) mass is 345 g/mol. The molecular formula is C22H35NO2. The topological polar surface area (TPSA) is 63.3 Å². The van der Waals surface area contributed by atoms with E-state index in [9.17, 15) is 4.79 Å². The van der Waals surface area contributed by atoms with Crippen molar-refractivity contribution < 1.29 is 9.90 Å². The number of carboxylic acid groups (broad SMARTS) is 1. The third kappa shape index (κ3) is 22.1. The van der Waals surface area contributed by atoms with E-state index in [0.717, 1.165) is 64.3 Å². The molecule has 0 aromatic carbocycles. The third-order valence-electron chi connectivity index (χ3n) is 3.52. The zero-order chi connectivity index (χ0) is 18.4. The van der Waals surface area contributed by atoms with E-state index in [1.165, 1.54) is 0 Å². The first-order valence-electron chi connectivity index (χ1n) is 9.44. The molecule has 0 unspecified atom stereocenters. The van der Waals surface area contributed by atoms with Crippen LogP contribution in [0, 0.1) is 0 Å². The van der Waals surface area contributed by atoms with Crippen molar-refractivity contribution in [1.29, 1.82) is 0 Å². The Hall–Kier alpha value is -1.87. The minimum absolute atomic E-state index is 0.293. The number of carboxylic acids is 1. The van der Waals surface area contributed by atoms with Gasteiger partial charge < -0.3 is 10.8 Å². The standard InChI is InChI=1S/C22H35NO2/c23-21-19-17-15-13-11-9-7-5-3-1-2-4-6-8-10-12-14-16-18-20-22(24)25/h2-5,8-11,15,17H,1,6-7,12-14,16,18-21,23H2,(H,24,25)/b4-2-,5-3-,10-8-,11-9-,17-15-. The number of aliphatic carboxylic acids is 1. The number of carbonyl (C=O) groups is 1. The van der Waals surface area contributed by atoms with Crippen LogP contribution in [0.15, 0.2) is 60.8 Å². The Labute approximate surface area is 153 Å². The van der Waals surface area contributed by atoms with Crippen LogP contribution < -0.4 is 5.73 Å². The summed E-state index contributed by atoms with van der Waals surface area (Å²) in [6.45, 7) is 0.723. The fraction of sp³-hybridized carbons (Fsp3) is 0.500. The van der Waals surface area contributed by atoms with Crippen LogP contribution in [0.2, 0.25) is 0 Å². The van der Waals surface area contributed by atoms with Gasteiger partial charge in [-0.05, 0) is 57.9 Å². The van der Waals surface area contributed by atoms with Crippen LogP contribution >= 0.6 is 0 Å². The molecule has 25 heavy (non-hydrogen) atoms. The molecule has 140 valence electrons. The van der Waals surface area contributed by atoms with E-state index in [0.29, 0.717) is 6.42 Å². The largest absolute Gasteiger partial charge is 0.481 e. The number of hydrogen-bond acceptors (Lipinski definition) is 2. The van der Waals surface area contributed by atoms with E-state index in [4.69, 9.17) is 10.8 Å². The molecule has 0 aromatic heterocycles. The van der Waals surface area contributed by atoms with Crippen molar-refractivity contribution in [3.05, 3.63) is 60.8 Å². The molecule has 0 spiro atoms. The van der Waals surface area contributed by atoms with Gasteiger partial charge in [-0.3, -0.25) is 4.79 Å². The van der Waals surface area contributed by atoms with Crippen LogP contribution in [-0.4, -0.2) is 17.6 Å². The third-order valence-corrected chi connectivity index (χ3v) is 3.52. The van der Waals surface area contributed by atoms with Crippen molar-refractivity contribution in [2.75, 3.05) is 6.54 Å². The highest BCUT2D eigenvalue weighted by atomic mass is 16.4. The molecule has 0 heterocycles. The minimum Gasteiger partial charge on any atom is -0.481 e. The molecule has 0 atom stereocenters. The molecule has 0 saturated carbocycles. The van der Waals surface area contributed by atoms with Crippen molar-refractivity contribution in [2.24, 2.45) is 5.73 Å². The summed E-state index contributed by atoms with van der Waals surface area (Å²) >= 11 is 0. The molecular weight excluding hydrogens is 310 g/mol. The van der Waals surface area contributed by atoms with E-state index >= 15 is 0 Å². The summed E-state index contributed by atoms with van der Waals surface area (Å²) in [5, 5.41) is 8.53. The average molecular weight is 346 g/mol. The van der Waals surface area contributed by atoms with Gasteiger partial charge in [0.15, 0.2) is 0 Å². The molecule has 3 heteroatoms. The van der Waals surface area contributed by atoms with Gasteiger partial charge in [0.25, 0.3) is 0 Å². The second-order valence-corrected chi connectivity index (χ2v) is 5.87. The molecule has 0 fully saturated rings. The van der Waals surface area contributed by atoms with Gasteiger partial charge in [0.2, 0.25) is 0 Å². The Morgan fingerprint density at radius 2 is 1.08 bits per heavy atom. The van der Waals surface area contributed by atoms with E-state index in [1.807, 2.05) is 0 Å². The predicted octanol–water partition coefficient (Wildman–Crippen LogP) is 5.71. The summed E-state index contributed by atoms with van der Waals surface area (Å²) in [6, 6.07) is 0. The van der Waals surface area contributed by atoms with Crippen LogP contribution in [-0.2, 0) is 4.79 Å². The van der Waals surface area contributed by atoms with Crippen molar-refractivity contribution in [3.8, 4) is 0 Å². The minimum atomic E-state index is -0.693. The molecule has 0 rings (SSSR count). The molecule has 0 aliphatic rings. The van der Waals surface area contributed by atoms with Crippen molar-refractivity contribution >= 4 is 5.97 Å². The smallest absolute Gasteiger partial charge is 0.303 e. The SMILES string of the molecule is NCC/C=C\C/C=C\C/C=C\C/C=C\C/C=C\CCCCCC(=O)O. The number of allylic oxidation sites excluding steroid dienone is 9. The summed E-state index contributed by atoms with van der Waals surface area (Å²) in [5.41, 5.74) is 5.41. The van der Waals surface area contributed by atoms with Crippen LogP contribution in [0.5, 0.6) is 0 Å². The second-order valence-electron chi connectivity index (χ2n) is 5.87. The van der Waals surface area contributed by atoms with Gasteiger partial charge in [0, 0.05) is 6.42 Å². The fourth-order valence-electron chi connectivity index (χ4n) is 2.13. The first kappa shape index (κ1) is 23.1. The summed E-state index contributed by atoms with van der Waals surface area (Å²) < 4.78 is 0. The highest BCUT2D eigenvalue weighted by molar-refractivity contribution is 5.66. The Kier molecular flexibility index (Phi) is 18.7. The number of rotatable bonds is 16. The molecule has 0 aromatic rings. The zero-order valence-corrected chi connectivity index (χ0v) is 15.5. The summed E-state index contributed by atoms with van der Waals surface area (Å²) in [5.74, 6) is -0.693. The highest BCUT2D eigenvalue weighted by Crippen LogP contribution is 2.04. The molecule has 3 N–H and O–H groups in total. The lowest BCUT2D eigenvalue weighted by atomic mass is 10.1. The number of nitrogens with two attached hydrogens (primary N) is 1. The average Bonchev–Trinajstić information content (AvgIpc) is 2.60. The van der Waals surface area contributed by atoms with Crippen molar-refractivity contribution in [2.45, 2.75) is 64.2 Å². The Morgan fingerprint density at radius 1 is 0.640 bits per heavy atom. The van der Waals surface area contributed by atoms with E-state index in [2.05, 4.69) is 60.8 Å². The van der Waals surface area contributed by atoms with Gasteiger partial charge in [-0.2, -0.15) is 0 Å². The Balaban J connectivity index is 3.43. The molecule has 3 nitrogen and oxygen atoms in total. The van der Waals surface area contributed by atoms with Crippen LogP contribution in [0.4, 0.5) is 0 Å².